The normalized spacial score (nSPS) is 10.3. The zero-order valence-corrected chi connectivity index (χ0v) is 14.0. The van der Waals surface area contributed by atoms with Crippen LogP contribution >= 0.6 is 39.7 Å². The van der Waals surface area contributed by atoms with E-state index in [0.717, 1.165) is 21.4 Å². The molecule has 0 bridgehead atoms. The van der Waals surface area contributed by atoms with Crippen LogP contribution in [-0.4, -0.2) is 17.0 Å². The van der Waals surface area contributed by atoms with Crippen molar-refractivity contribution in [1.82, 2.24) is 4.98 Å². The van der Waals surface area contributed by atoms with Crippen molar-refractivity contribution in [2.75, 3.05) is 11.9 Å². The fourth-order valence-corrected chi connectivity index (χ4v) is 2.93. The number of hydrogen-bond acceptors (Lipinski definition) is 3. The van der Waals surface area contributed by atoms with Crippen molar-refractivity contribution >= 4 is 50.6 Å². The van der Waals surface area contributed by atoms with Gasteiger partial charge in [0.05, 0.1) is 9.50 Å². The first-order valence-corrected chi connectivity index (χ1v) is 7.46. The van der Waals surface area contributed by atoms with Crippen molar-refractivity contribution in [2.45, 2.75) is 6.54 Å². The third kappa shape index (κ3) is 3.69. The predicted octanol–water partition coefficient (Wildman–Crippen LogP) is 3.77. The molecule has 0 fully saturated rings. The van der Waals surface area contributed by atoms with E-state index in [-0.39, 0.29) is 0 Å². The summed E-state index contributed by atoms with van der Waals surface area (Å²) in [5.74, 6) is 0.829. The molecule has 20 heavy (non-hydrogen) atoms. The lowest BCUT2D eigenvalue weighted by atomic mass is 10.1. The minimum absolute atomic E-state index is 0.403. The first kappa shape index (κ1) is 15.2. The van der Waals surface area contributed by atoms with Gasteiger partial charge in [-0.25, -0.2) is 4.98 Å². The highest BCUT2D eigenvalue weighted by molar-refractivity contribution is 9.10. The molecule has 2 N–H and O–H groups in total. The summed E-state index contributed by atoms with van der Waals surface area (Å²) in [6.45, 7) is 0.698. The van der Waals surface area contributed by atoms with Crippen LogP contribution in [0.25, 0.3) is 0 Å². The van der Waals surface area contributed by atoms with Crippen LogP contribution in [0.5, 0.6) is 0 Å². The van der Waals surface area contributed by atoms with Gasteiger partial charge in [0.15, 0.2) is 0 Å². The summed E-state index contributed by atoms with van der Waals surface area (Å²) in [5, 5.41) is 0.601. The van der Waals surface area contributed by atoms with Crippen LogP contribution in [0, 0.1) is 0 Å². The van der Waals surface area contributed by atoms with Gasteiger partial charge in [-0.2, -0.15) is 0 Å². The summed E-state index contributed by atoms with van der Waals surface area (Å²) in [5.41, 5.74) is 7.63. The van der Waals surface area contributed by atoms with Crippen LogP contribution in [0.3, 0.4) is 0 Å². The van der Waals surface area contributed by atoms with E-state index < -0.39 is 0 Å². The number of nitrogens with two attached hydrogens (primary N) is 1. The molecule has 3 nitrogen and oxygen atoms in total. The number of halogens is 2. The Kier molecular flexibility index (Phi) is 4.96. The molecule has 6 heteroatoms. The maximum Gasteiger partial charge on any atom is 0.143 e. The Morgan fingerprint density at radius 1 is 1.45 bits per heavy atom. The molecule has 0 saturated heterocycles. The van der Waals surface area contributed by atoms with Gasteiger partial charge >= 0.3 is 0 Å². The molecule has 0 amide bonds. The van der Waals surface area contributed by atoms with Crippen molar-refractivity contribution in [3.05, 3.63) is 57.2 Å². The summed E-state index contributed by atoms with van der Waals surface area (Å²) >= 11 is 14.4. The number of hydrogen-bond donors (Lipinski definition) is 1. The summed E-state index contributed by atoms with van der Waals surface area (Å²) in [6, 6.07) is 9.70. The van der Waals surface area contributed by atoms with E-state index in [4.69, 9.17) is 29.6 Å². The highest BCUT2D eigenvalue weighted by Crippen LogP contribution is 2.26. The molecule has 0 aliphatic carbocycles. The molecule has 0 atom stereocenters. The second-order valence-electron chi connectivity index (χ2n) is 4.38. The first-order valence-electron chi connectivity index (χ1n) is 5.88. The Labute approximate surface area is 136 Å². The van der Waals surface area contributed by atoms with Crippen molar-refractivity contribution in [3.8, 4) is 0 Å². The summed E-state index contributed by atoms with van der Waals surface area (Å²) in [4.78, 5) is 6.76. The third-order valence-electron chi connectivity index (χ3n) is 2.78. The molecule has 1 aromatic heterocycles. The third-order valence-corrected chi connectivity index (χ3v) is 3.81. The SMILES string of the molecule is CN(Cc1cccc(C(N)=S)c1)c1ncc(Cl)cc1Br. The van der Waals surface area contributed by atoms with E-state index >= 15 is 0 Å². The van der Waals surface area contributed by atoms with Gasteiger partial charge < -0.3 is 10.6 Å². The Hall–Kier alpha value is -1.17. The molecule has 0 saturated carbocycles. The van der Waals surface area contributed by atoms with E-state index in [2.05, 4.69) is 20.9 Å². The van der Waals surface area contributed by atoms with Crippen LogP contribution in [-0.2, 0) is 6.54 Å². The van der Waals surface area contributed by atoms with Crippen molar-refractivity contribution in [3.63, 3.8) is 0 Å². The average Bonchev–Trinajstić information content (AvgIpc) is 2.38. The van der Waals surface area contributed by atoms with E-state index in [1.54, 1.807) is 6.20 Å². The molecule has 0 radical (unpaired) electrons. The van der Waals surface area contributed by atoms with Gasteiger partial charge in [-0.15, -0.1) is 0 Å². The zero-order chi connectivity index (χ0) is 14.7. The largest absolute Gasteiger partial charge is 0.389 e. The maximum absolute atomic E-state index is 5.90. The van der Waals surface area contributed by atoms with Gasteiger partial charge in [0.25, 0.3) is 0 Å². The minimum Gasteiger partial charge on any atom is -0.389 e. The molecular formula is C14H13BrClN3S. The minimum atomic E-state index is 0.403. The lowest BCUT2D eigenvalue weighted by molar-refractivity contribution is 0.894. The molecule has 0 spiro atoms. The summed E-state index contributed by atoms with van der Waals surface area (Å²) < 4.78 is 0.859. The van der Waals surface area contributed by atoms with Crippen molar-refractivity contribution in [2.24, 2.45) is 5.73 Å². The molecule has 104 valence electrons. The Morgan fingerprint density at radius 2 is 2.20 bits per heavy atom. The number of thiocarbonyl (C=S) groups is 1. The second kappa shape index (κ2) is 6.52. The van der Waals surface area contributed by atoms with E-state index in [0.29, 0.717) is 16.6 Å². The van der Waals surface area contributed by atoms with Gasteiger partial charge in [-0.1, -0.05) is 42.0 Å². The van der Waals surface area contributed by atoms with Crippen molar-refractivity contribution < 1.29 is 0 Å². The highest BCUT2D eigenvalue weighted by Gasteiger charge is 2.09. The van der Waals surface area contributed by atoms with Gasteiger partial charge in [0.2, 0.25) is 0 Å². The van der Waals surface area contributed by atoms with Crippen LogP contribution in [0.15, 0.2) is 41.0 Å². The quantitative estimate of drug-likeness (QED) is 0.832. The molecule has 0 aliphatic rings. The first-order chi connectivity index (χ1) is 9.47. The molecule has 2 aromatic rings. The molecule has 2 rings (SSSR count). The number of aromatic nitrogens is 1. The predicted molar refractivity (Wildman–Crippen MR) is 91.4 cm³/mol. The van der Waals surface area contributed by atoms with Crippen LogP contribution in [0.1, 0.15) is 11.1 Å². The Morgan fingerprint density at radius 3 is 2.85 bits per heavy atom. The number of anilines is 1. The Balaban J connectivity index is 2.21. The van der Waals surface area contributed by atoms with Gasteiger partial charge in [0, 0.05) is 25.4 Å². The van der Waals surface area contributed by atoms with Crippen LogP contribution in [0.4, 0.5) is 5.82 Å². The van der Waals surface area contributed by atoms with Crippen LogP contribution < -0.4 is 10.6 Å². The number of benzene rings is 1. The molecular weight excluding hydrogens is 358 g/mol. The molecule has 0 unspecified atom stereocenters. The molecule has 0 aliphatic heterocycles. The number of rotatable bonds is 4. The van der Waals surface area contributed by atoms with Crippen molar-refractivity contribution in [1.29, 1.82) is 0 Å². The Bertz CT molecular complexity index is 648. The standard InChI is InChI=1S/C14H13BrClN3S/c1-19(14-12(15)6-11(16)7-18-14)8-9-3-2-4-10(5-9)13(17)20/h2-7H,8H2,1H3,(H2,17,20). The topological polar surface area (TPSA) is 42.1 Å². The lowest BCUT2D eigenvalue weighted by Crippen LogP contribution is -2.18. The van der Waals surface area contributed by atoms with E-state index in [9.17, 15) is 0 Å². The van der Waals surface area contributed by atoms with Gasteiger partial charge in [0.1, 0.15) is 10.8 Å². The number of nitrogens with zero attached hydrogens (tertiary/aromatic N) is 2. The summed E-state index contributed by atoms with van der Waals surface area (Å²) in [7, 11) is 1.97. The van der Waals surface area contributed by atoms with Gasteiger partial charge in [-0.05, 0) is 33.6 Å². The molecule has 1 heterocycles. The second-order valence-corrected chi connectivity index (χ2v) is 6.11. The highest BCUT2D eigenvalue weighted by atomic mass is 79.9. The lowest BCUT2D eigenvalue weighted by Gasteiger charge is -2.20. The van der Waals surface area contributed by atoms with E-state index in [1.165, 1.54) is 0 Å². The van der Waals surface area contributed by atoms with E-state index in [1.807, 2.05) is 42.3 Å². The maximum atomic E-state index is 5.90. The van der Waals surface area contributed by atoms with Gasteiger partial charge in [-0.3, -0.25) is 0 Å². The number of pyridine rings is 1. The molecule has 1 aromatic carbocycles. The monoisotopic (exact) mass is 369 g/mol. The smallest absolute Gasteiger partial charge is 0.143 e. The zero-order valence-electron chi connectivity index (χ0n) is 10.8. The average molecular weight is 371 g/mol. The summed E-state index contributed by atoms with van der Waals surface area (Å²) in [6.07, 6.45) is 1.63. The van der Waals surface area contributed by atoms with Crippen LogP contribution in [0.2, 0.25) is 5.02 Å². The fraction of sp³-hybridized carbons (Fsp3) is 0.143. The fourth-order valence-electron chi connectivity index (χ4n) is 1.86.